The topological polar surface area (TPSA) is 3.24 Å². The molecule has 0 heterocycles. The molecule has 1 nitrogen and oxygen atoms in total. The van der Waals surface area contributed by atoms with E-state index in [1.807, 2.05) is 6.08 Å². The Hall–Kier alpha value is -1.18. The summed E-state index contributed by atoms with van der Waals surface area (Å²) in [7, 11) is 2.18. The van der Waals surface area contributed by atoms with Gasteiger partial charge < -0.3 is 4.90 Å². The fraction of sp³-hybridized carbons (Fsp3) is 0.619. The van der Waals surface area contributed by atoms with Gasteiger partial charge in [-0.2, -0.15) is 0 Å². The standard InChI is InChI=1S/C21H36BN/c1-9-11-19-14-20(12-13-21(19)23(8)17(5)6)22(10-2)15-18(7)16(3)4/h9,12-14,16-18H,1,10-11,15H2,2-8H3. The smallest absolute Gasteiger partial charge is 0.175 e. The van der Waals surface area contributed by atoms with Gasteiger partial charge in [-0.3, -0.25) is 0 Å². The van der Waals surface area contributed by atoms with Crippen LogP contribution in [0.3, 0.4) is 0 Å². The SMILES string of the molecule is C=CCc1cc(B(CC)CC(C)C(C)C)ccc1N(C)C(C)C. The van der Waals surface area contributed by atoms with Crippen molar-refractivity contribution in [2.24, 2.45) is 11.8 Å². The molecule has 0 saturated heterocycles. The Morgan fingerprint density at radius 1 is 1.17 bits per heavy atom. The summed E-state index contributed by atoms with van der Waals surface area (Å²) in [4.78, 5) is 2.36. The van der Waals surface area contributed by atoms with E-state index in [1.54, 1.807) is 0 Å². The highest BCUT2D eigenvalue weighted by Gasteiger charge is 2.21. The molecule has 0 aliphatic carbocycles. The molecule has 1 aromatic carbocycles. The molecule has 1 rings (SSSR count). The van der Waals surface area contributed by atoms with Gasteiger partial charge in [-0.25, -0.2) is 0 Å². The van der Waals surface area contributed by atoms with E-state index in [1.165, 1.54) is 29.4 Å². The zero-order chi connectivity index (χ0) is 17.6. The molecule has 0 fully saturated rings. The first-order valence-corrected chi connectivity index (χ1v) is 9.28. The van der Waals surface area contributed by atoms with Crippen molar-refractivity contribution in [3.63, 3.8) is 0 Å². The molecular formula is C21H36BN. The van der Waals surface area contributed by atoms with Gasteiger partial charge in [-0.15, -0.1) is 6.58 Å². The Morgan fingerprint density at radius 2 is 1.83 bits per heavy atom. The zero-order valence-corrected chi connectivity index (χ0v) is 16.4. The van der Waals surface area contributed by atoms with Gasteiger partial charge in [-0.1, -0.05) is 64.0 Å². The molecule has 1 unspecified atom stereocenters. The molecule has 1 atom stereocenters. The normalized spacial score (nSPS) is 12.6. The summed E-state index contributed by atoms with van der Waals surface area (Å²) >= 11 is 0. The molecule has 0 radical (unpaired) electrons. The van der Waals surface area contributed by atoms with Gasteiger partial charge in [0.1, 0.15) is 0 Å². The van der Waals surface area contributed by atoms with Crippen molar-refractivity contribution < 1.29 is 0 Å². The van der Waals surface area contributed by atoms with E-state index in [0.29, 0.717) is 12.8 Å². The van der Waals surface area contributed by atoms with Crippen LogP contribution in [0.5, 0.6) is 0 Å². The van der Waals surface area contributed by atoms with E-state index in [4.69, 9.17) is 0 Å². The van der Waals surface area contributed by atoms with Crippen molar-refractivity contribution in [2.75, 3.05) is 11.9 Å². The number of nitrogens with zero attached hydrogens (tertiary/aromatic N) is 1. The number of hydrogen-bond donors (Lipinski definition) is 0. The Morgan fingerprint density at radius 3 is 2.30 bits per heavy atom. The minimum absolute atomic E-state index is 0.507. The van der Waals surface area contributed by atoms with Crippen LogP contribution in [-0.2, 0) is 6.42 Å². The van der Waals surface area contributed by atoms with Crippen molar-refractivity contribution in [1.82, 2.24) is 0 Å². The predicted octanol–water partition coefficient (Wildman–Crippen LogP) is 5.27. The Labute approximate surface area is 145 Å². The maximum absolute atomic E-state index is 3.95. The van der Waals surface area contributed by atoms with Gasteiger partial charge in [0.25, 0.3) is 0 Å². The summed E-state index contributed by atoms with van der Waals surface area (Å²) in [5, 5.41) is 0. The Kier molecular flexibility index (Phi) is 7.95. The van der Waals surface area contributed by atoms with Crippen LogP contribution in [0, 0.1) is 11.8 Å². The maximum Gasteiger partial charge on any atom is 0.175 e. The van der Waals surface area contributed by atoms with Gasteiger partial charge in [0.15, 0.2) is 6.71 Å². The lowest BCUT2D eigenvalue weighted by atomic mass is 9.39. The molecule has 0 spiro atoms. The van der Waals surface area contributed by atoms with Crippen molar-refractivity contribution in [3.8, 4) is 0 Å². The molecule has 1 aromatic rings. The summed E-state index contributed by atoms with van der Waals surface area (Å²) in [6.45, 7) is 18.5. The maximum atomic E-state index is 3.95. The van der Waals surface area contributed by atoms with Gasteiger partial charge in [0.05, 0.1) is 0 Å². The molecule has 0 N–H and O–H groups in total. The van der Waals surface area contributed by atoms with E-state index < -0.39 is 0 Å². The number of rotatable bonds is 9. The number of anilines is 1. The Bertz CT molecular complexity index is 493. The second-order valence-corrected chi connectivity index (χ2v) is 7.65. The fourth-order valence-electron chi connectivity index (χ4n) is 3.06. The van der Waals surface area contributed by atoms with Gasteiger partial charge in [0, 0.05) is 18.8 Å². The number of allylic oxidation sites excluding steroid dienone is 1. The minimum atomic E-state index is 0.507. The molecule has 0 bridgehead atoms. The van der Waals surface area contributed by atoms with Crippen LogP contribution in [0.2, 0.25) is 12.6 Å². The molecule has 0 aromatic heterocycles. The second kappa shape index (κ2) is 9.20. The Balaban J connectivity index is 3.12. The number of hydrogen-bond acceptors (Lipinski definition) is 1. The lowest BCUT2D eigenvalue weighted by Gasteiger charge is -2.28. The molecule has 0 aliphatic heterocycles. The second-order valence-electron chi connectivity index (χ2n) is 7.65. The van der Waals surface area contributed by atoms with Gasteiger partial charge >= 0.3 is 0 Å². The molecule has 0 amide bonds. The predicted molar refractivity (Wildman–Crippen MR) is 109 cm³/mol. The monoisotopic (exact) mass is 313 g/mol. The van der Waals surface area contributed by atoms with Crippen LogP contribution < -0.4 is 10.4 Å². The van der Waals surface area contributed by atoms with Gasteiger partial charge in [-0.05, 0) is 43.7 Å². The molecular weight excluding hydrogens is 277 g/mol. The van der Waals surface area contributed by atoms with Crippen LogP contribution in [0.4, 0.5) is 5.69 Å². The van der Waals surface area contributed by atoms with E-state index in [9.17, 15) is 0 Å². The van der Waals surface area contributed by atoms with E-state index >= 15 is 0 Å². The summed E-state index contributed by atoms with van der Waals surface area (Å²) in [6.07, 6.45) is 5.45. The first-order valence-electron chi connectivity index (χ1n) is 9.28. The molecule has 0 saturated carbocycles. The lowest BCUT2D eigenvalue weighted by Crippen LogP contribution is -2.33. The van der Waals surface area contributed by atoms with Crippen molar-refractivity contribution >= 4 is 17.9 Å². The van der Waals surface area contributed by atoms with E-state index in [2.05, 4.69) is 78.3 Å². The first kappa shape index (κ1) is 19.9. The van der Waals surface area contributed by atoms with Crippen LogP contribution in [-0.4, -0.2) is 19.8 Å². The third kappa shape index (κ3) is 5.44. The summed E-state index contributed by atoms with van der Waals surface area (Å²) in [6, 6.07) is 7.60. The molecule has 2 heteroatoms. The summed E-state index contributed by atoms with van der Waals surface area (Å²) < 4.78 is 0. The highest BCUT2D eigenvalue weighted by molar-refractivity contribution is 6.73. The largest absolute Gasteiger partial charge is 0.372 e. The molecule has 23 heavy (non-hydrogen) atoms. The van der Waals surface area contributed by atoms with Crippen LogP contribution in [0.25, 0.3) is 0 Å². The molecule has 0 aliphatic rings. The van der Waals surface area contributed by atoms with E-state index in [-0.39, 0.29) is 0 Å². The third-order valence-corrected chi connectivity index (χ3v) is 5.38. The highest BCUT2D eigenvalue weighted by atomic mass is 15.1. The average Bonchev–Trinajstić information content (AvgIpc) is 2.51. The van der Waals surface area contributed by atoms with Crippen LogP contribution in [0.1, 0.15) is 47.1 Å². The highest BCUT2D eigenvalue weighted by Crippen LogP contribution is 2.23. The van der Waals surface area contributed by atoms with Crippen LogP contribution in [0.15, 0.2) is 30.9 Å². The third-order valence-electron chi connectivity index (χ3n) is 5.38. The van der Waals surface area contributed by atoms with Gasteiger partial charge in [0.2, 0.25) is 0 Å². The fourth-order valence-corrected chi connectivity index (χ4v) is 3.06. The summed E-state index contributed by atoms with van der Waals surface area (Å²) in [5.41, 5.74) is 4.25. The summed E-state index contributed by atoms with van der Waals surface area (Å²) in [5.74, 6) is 1.52. The first-order chi connectivity index (χ1) is 10.8. The van der Waals surface area contributed by atoms with Crippen LogP contribution >= 0.6 is 0 Å². The average molecular weight is 313 g/mol. The van der Waals surface area contributed by atoms with Crippen molar-refractivity contribution in [1.29, 1.82) is 0 Å². The zero-order valence-electron chi connectivity index (χ0n) is 16.4. The lowest BCUT2D eigenvalue weighted by molar-refractivity contribution is 0.454. The minimum Gasteiger partial charge on any atom is -0.372 e. The van der Waals surface area contributed by atoms with E-state index in [0.717, 1.165) is 18.3 Å². The van der Waals surface area contributed by atoms with Crippen molar-refractivity contribution in [3.05, 3.63) is 36.4 Å². The molecule has 128 valence electrons. The number of benzene rings is 1. The van der Waals surface area contributed by atoms with Crippen molar-refractivity contribution in [2.45, 2.75) is 66.6 Å². The quantitative estimate of drug-likeness (QED) is 0.443.